The first-order valence-electron chi connectivity index (χ1n) is 9.22. The van der Waals surface area contributed by atoms with Gasteiger partial charge in [0.2, 0.25) is 0 Å². The molecule has 0 saturated carbocycles. The summed E-state index contributed by atoms with van der Waals surface area (Å²) in [5, 5.41) is 5.24. The van der Waals surface area contributed by atoms with Gasteiger partial charge in [-0.1, -0.05) is 0 Å². The zero-order chi connectivity index (χ0) is 21.2. The Labute approximate surface area is 167 Å². The van der Waals surface area contributed by atoms with Gasteiger partial charge in [-0.3, -0.25) is 9.69 Å². The Morgan fingerprint density at radius 3 is 2.86 bits per heavy atom. The molecule has 1 unspecified atom stereocenters. The molecule has 2 aliphatic rings. The van der Waals surface area contributed by atoms with Crippen LogP contribution >= 0.6 is 0 Å². The average molecular weight is 407 g/mol. The lowest BCUT2D eigenvalue weighted by Crippen LogP contribution is -2.48. The highest BCUT2D eigenvalue weighted by Gasteiger charge is 2.46. The maximum absolute atomic E-state index is 12.5. The van der Waals surface area contributed by atoms with Gasteiger partial charge < -0.3 is 30.6 Å². The van der Waals surface area contributed by atoms with Crippen molar-refractivity contribution in [2.45, 2.75) is 38.4 Å². The van der Waals surface area contributed by atoms with E-state index in [1.54, 1.807) is 32.9 Å². The number of aromatic nitrogens is 1. The molecule has 1 aromatic rings. The SMILES string of the molecule is CC(C)(C)OC(=O)NCC1(CCN)CN(c2ccc3c(n2)NC(=O)CO3)C(=O)O1. The summed E-state index contributed by atoms with van der Waals surface area (Å²) in [6.07, 6.45) is -0.911. The zero-order valence-corrected chi connectivity index (χ0v) is 16.6. The number of nitrogens with zero attached hydrogens (tertiary/aromatic N) is 2. The Hall–Kier alpha value is -3.08. The highest BCUT2D eigenvalue weighted by Crippen LogP contribution is 2.33. The number of pyridine rings is 1. The van der Waals surface area contributed by atoms with Crippen LogP contribution in [0.15, 0.2) is 12.1 Å². The maximum atomic E-state index is 12.5. The second-order valence-corrected chi connectivity index (χ2v) is 7.88. The van der Waals surface area contributed by atoms with Gasteiger partial charge >= 0.3 is 12.2 Å². The minimum atomic E-state index is -1.03. The van der Waals surface area contributed by atoms with Crippen molar-refractivity contribution in [2.24, 2.45) is 5.73 Å². The van der Waals surface area contributed by atoms with Crippen molar-refractivity contribution in [1.82, 2.24) is 10.3 Å². The lowest BCUT2D eigenvalue weighted by Gasteiger charge is -2.27. The molecule has 11 nitrogen and oxygen atoms in total. The van der Waals surface area contributed by atoms with Gasteiger partial charge in [0.25, 0.3) is 5.91 Å². The van der Waals surface area contributed by atoms with E-state index in [1.807, 2.05) is 0 Å². The minimum Gasteiger partial charge on any atom is -0.480 e. The van der Waals surface area contributed by atoms with Gasteiger partial charge in [-0.2, -0.15) is 0 Å². The van der Waals surface area contributed by atoms with E-state index in [0.29, 0.717) is 12.2 Å². The number of rotatable bonds is 5. The molecule has 3 amide bonds. The zero-order valence-electron chi connectivity index (χ0n) is 16.6. The fraction of sp³-hybridized carbons (Fsp3) is 0.556. The predicted octanol–water partition coefficient (Wildman–Crippen LogP) is 0.981. The third-order valence-electron chi connectivity index (χ3n) is 4.26. The summed E-state index contributed by atoms with van der Waals surface area (Å²) in [5.41, 5.74) is 4.03. The van der Waals surface area contributed by atoms with Crippen molar-refractivity contribution in [1.29, 1.82) is 0 Å². The molecule has 29 heavy (non-hydrogen) atoms. The number of ether oxygens (including phenoxy) is 3. The van der Waals surface area contributed by atoms with E-state index in [-0.39, 0.29) is 43.8 Å². The van der Waals surface area contributed by atoms with Crippen LogP contribution in [0.25, 0.3) is 0 Å². The van der Waals surface area contributed by atoms with E-state index in [1.165, 1.54) is 4.90 Å². The molecule has 0 aromatic carbocycles. The molecule has 1 aromatic heterocycles. The van der Waals surface area contributed by atoms with E-state index >= 15 is 0 Å². The number of hydrogen-bond acceptors (Lipinski definition) is 8. The van der Waals surface area contributed by atoms with Crippen LogP contribution < -0.4 is 26.0 Å². The summed E-state index contributed by atoms with van der Waals surface area (Å²) < 4.78 is 16.1. The number of anilines is 2. The molecule has 4 N–H and O–H groups in total. The molecule has 0 bridgehead atoms. The number of hydrogen-bond donors (Lipinski definition) is 3. The van der Waals surface area contributed by atoms with Crippen LogP contribution in [0.5, 0.6) is 5.75 Å². The van der Waals surface area contributed by atoms with Crippen LogP contribution in [-0.4, -0.2) is 60.5 Å². The molecule has 2 aliphatic heterocycles. The van der Waals surface area contributed by atoms with E-state index in [4.69, 9.17) is 19.9 Å². The normalized spacial score (nSPS) is 21.0. The van der Waals surface area contributed by atoms with Crippen LogP contribution in [-0.2, 0) is 14.3 Å². The third kappa shape index (κ3) is 4.86. The van der Waals surface area contributed by atoms with Gasteiger partial charge in [-0.15, -0.1) is 0 Å². The van der Waals surface area contributed by atoms with Crippen molar-refractivity contribution in [3.8, 4) is 5.75 Å². The van der Waals surface area contributed by atoms with Crippen LogP contribution in [0.1, 0.15) is 27.2 Å². The number of fused-ring (bicyclic) bond motifs is 1. The summed E-state index contributed by atoms with van der Waals surface area (Å²) >= 11 is 0. The topological polar surface area (TPSA) is 145 Å². The van der Waals surface area contributed by atoms with Crippen LogP contribution in [0.4, 0.5) is 21.2 Å². The largest absolute Gasteiger partial charge is 0.480 e. The summed E-state index contributed by atoms with van der Waals surface area (Å²) in [4.78, 5) is 41.7. The Morgan fingerprint density at radius 1 is 1.41 bits per heavy atom. The standard InChI is InChI=1S/C18H25N5O6/c1-17(2,3)28-15(25)20-9-18(6-7-19)10-23(16(26)29-18)12-5-4-11-14(21-12)22-13(24)8-27-11/h4-5H,6-10,19H2,1-3H3,(H,20,25)(H,21,22,24). The molecule has 11 heteroatoms. The first-order chi connectivity index (χ1) is 13.6. The summed E-state index contributed by atoms with van der Waals surface area (Å²) in [7, 11) is 0. The fourth-order valence-corrected chi connectivity index (χ4v) is 3.02. The molecule has 1 fully saturated rings. The monoisotopic (exact) mass is 407 g/mol. The highest BCUT2D eigenvalue weighted by atomic mass is 16.6. The number of alkyl carbamates (subject to hydrolysis) is 1. The molecule has 0 radical (unpaired) electrons. The molecule has 1 atom stereocenters. The maximum Gasteiger partial charge on any atom is 0.416 e. The quantitative estimate of drug-likeness (QED) is 0.655. The number of nitrogens with one attached hydrogen (secondary N) is 2. The van der Waals surface area contributed by atoms with Gasteiger partial charge in [-0.05, 0) is 39.4 Å². The molecular weight excluding hydrogens is 382 g/mol. The molecule has 0 aliphatic carbocycles. The molecule has 0 spiro atoms. The van der Waals surface area contributed by atoms with E-state index < -0.39 is 23.4 Å². The summed E-state index contributed by atoms with van der Waals surface area (Å²) in [6, 6.07) is 3.21. The van der Waals surface area contributed by atoms with Crippen molar-refractivity contribution in [3.05, 3.63) is 12.1 Å². The third-order valence-corrected chi connectivity index (χ3v) is 4.26. The second-order valence-electron chi connectivity index (χ2n) is 7.88. The molecule has 3 heterocycles. The van der Waals surface area contributed by atoms with Crippen molar-refractivity contribution in [2.75, 3.05) is 36.5 Å². The second kappa shape index (κ2) is 7.74. The van der Waals surface area contributed by atoms with Gasteiger partial charge in [0.1, 0.15) is 11.4 Å². The fourth-order valence-electron chi connectivity index (χ4n) is 3.02. The van der Waals surface area contributed by atoms with Crippen LogP contribution in [0, 0.1) is 0 Å². The van der Waals surface area contributed by atoms with Crippen molar-refractivity contribution in [3.63, 3.8) is 0 Å². The number of amides is 3. The molecular formula is C18H25N5O6. The Balaban J connectivity index is 1.74. The Bertz CT molecular complexity index is 823. The minimum absolute atomic E-state index is 0.0339. The number of nitrogens with two attached hydrogens (primary N) is 1. The lowest BCUT2D eigenvalue weighted by molar-refractivity contribution is -0.118. The average Bonchev–Trinajstić information content (AvgIpc) is 2.95. The van der Waals surface area contributed by atoms with Gasteiger partial charge in [0.05, 0.1) is 13.1 Å². The summed E-state index contributed by atoms with van der Waals surface area (Å²) in [6.45, 7) is 5.58. The van der Waals surface area contributed by atoms with Gasteiger partial charge in [0.15, 0.2) is 23.8 Å². The van der Waals surface area contributed by atoms with Gasteiger partial charge in [-0.25, -0.2) is 14.6 Å². The first kappa shape index (κ1) is 20.6. The highest BCUT2D eigenvalue weighted by molar-refractivity contribution is 5.95. The summed E-state index contributed by atoms with van der Waals surface area (Å²) in [5.74, 6) is 0.608. The van der Waals surface area contributed by atoms with Gasteiger partial charge in [0, 0.05) is 6.42 Å². The van der Waals surface area contributed by atoms with Crippen LogP contribution in [0.3, 0.4) is 0 Å². The van der Waals surface area contributed by atoms with E-state index in [2.05, 4.69) is 15.6 Å². The van der Waals surface area contributed by atoms with E-state index in [9.17, 15) is 14.4 Å². The van der Waals surface area contributed by atoms with Crippen molar-refractivity contribution >= 4 is 29.7 Å². The lowest BCUT2D eigenvalue weighted by atomic mass is 9.99. The molecule has 3 rings (SSSR count). The first-order valence-corrected chi connectivity index (χ1v) is 9.22. The Morgan fingerprint density at radius 2 is 2.17 bits per heavy atom. The smallest absolute Gasteiger partial charge is 0.416 e. The van der Waals surface area contributed by atoms with Crippen LogP contribution in [0.2, 0.25) is 0 Å². The number of cyclic esters (lactones) is 1. The molecule has 158 valence electrons. The number of carbonyl (C=O) groups excluding carboxylic acids is 3. The van der Waals surface area contributed by atoms with Crippen molar-refractivity contribution < 1.29 is 28.6 Å². The van der Waals surface area contributed by atoms with E-state index in [0.717, 1.165) is 0 Å². The Kier molecular flexibility index (Phi) is 5.51. The number of carbonyl (C=O) groups is 3. The predicted molar refractivity (Wildman–Crippen MR) is 103 cm³/mol. The molecule has 1 saturated heterocycles.